The van der Waals surface area contributed by atoms with Crippen LogP contribution in [0.4, 0.5) is 5.69 Å². The fourth-order valence-corrected chi connectivity index (χ4v) is 3.24. The largest absolute Gasteiger partial charge is 0.326 e. The summed E-state index contributed by atoms with van der Waals surface area (Å²) >= 11 is 0. The lowest BCUT2D eigenvalue weighted by Crippen LogP contribution is -2.34. The molecular formula is C17H24N6O. The monoisotopic (exact) mass is 328 g/mol. The standard InChI is InChI=1S/C17H24N6O/c1-12-5-6-15(9-16(12)23-11-19-21-22-23)20-17(24)8-13(2)14-4-3-7-18-10-14/h5-6,9,11,13-14,18H,3-4,7-8,10H2,1-2H3,(H,20,24). The van der Waals surface area contributed by atoms with Crippen LogP contribution in [0.15, 0.2) is 24.5 Å². The third-order valence-corrected chi connectivity index (χ3v) is 4.74. The summed E-state index contributed by atoms with van der Waals surface area (Å²) in [5.74, 6) is 1.01. The SMILES string of the molecule is Cc1ccc(NC(=O)CC(C)C2CCCNC2)cc1-n1cnnn1. The Labute approximate surface area is 141 Å². The van der Waals surface area contributed by atoms with E-state index < -0.39 is 0 Å². The number of aryl methyl sites for hydroxylation is 1. The maximum atomic E-state index is 12.4. The molecule has 1 fully saturated rings. The summed E-state index contributed by atoms with van der Waals surface area (Å²) in [6.07, 6.45) is 4.49. The highest BCUT2D eigenvalue weighted by atomic mass is 16.1. The molecule has 0 spiro atoms. The van der Waals surface area contributed by atoms with Gasteiger partial charge >= 0.3 is 0 Å². The van der Waals surface area contributed by atoms with Crippen LogP contribution in [0.5, 0.6) is 0 Å². The summed E-state index contributed by atoms with van der Waals surface area (Å²) in [4.78, 5) is 12.4. The summed E-state index contributed by atoms with van der Waals surface area (Å²) < 4.78 is 1.60. The van der Waals surface area contributed by atoms with Crippen LogP contribution in [0.1, 0.15) is 31.7 Å². The molecule has 0 radical (unpaired) electrons. The normalized spacial score (nSPS) is 19.0. The van der Waals surface area contributed by atoms with E-state index in [1.54, 1.807) is 11.0 Å². The first-order valence-electron chi connectivity index (χ1n) is 8.48. The van der Waals surface area contributed by atoms with Crippen molar-refractivity contribution in [1.29, 1.82) is 0 Å². The van der Waals surface area contributed by atoms with Crippen molar-refractivity contribution in [3.8, 4) is 5.69 Å². The molecule has 1 aromatic heterocycles. The number of hydrogen-bond donors (Lipinski definition) is 2. The number of tetrazole rings is 1. The Hall–Kier alpha value is -2.28. The molecule has 7 nitrogen and oxygen atoms in total. The van der Waals surface area contributed by atoms with E-state index in [-0.39, 0.29) is 5.91 Å². The highest BCUT2D eigenvalue weighted by Gasteiger charge is 2.22. The van der Waals surface area contributed by atoms with Gasteiger partial charge in [-0.05, 0) is 72.8 Å². The van der Waals surface area contributed by atoms with Crippen LogP contribution in [0, 0.1) is 18.8 Å². The van der Waals surface area contributed by atoms with Crippen LogP contribution < -0.4 is 10.6 Å². The zero-order chi connectivity index (χ0) is 16.9. The molecule has 2 atom stereocenters. The lowest BCUT2D eigenvalue weighted by atomic mass is 9.85. The molecule has 1 amide bonds. The van der Waals surface area contributed by atoms with E-state index in [1.165, 1.54) is 12.8 Å². The van der Waals surface area contributed by atoms with Gasteiger partial charge in [-0.2, -0.15) is 0 Å². The van der Waals surface area contributed by atoms with E-state index in [4.69, 9.17) is 0 Å². The molecule has 2 N–H and O–H groups in total. The Morgan fingerprint density at radius 1 is 1.50 bits per heavy atom. The third-order valence-electron chi connectivity index (χ3n) is 4.74. The lowest BCUT2D eigenvalue weighted by Gasteiger charge is -2.28. The van der Waals surface area contributed by atoms with Crippen molar-refractivity contribution < 1.29 is 4.79 Å². The summed E-state index contributed by atoms with van der Waals surface area (Å²) in [6, 6.07) is 5.77. The second-order valence-corrected chi connectivity index (χ2v) is 6.59. The topological polar surface area (TPSA) is 84.7 Å². The maximum absolute atomic E-state index is 12.4. The van der Waals surface area contributed by atoms with Crippen LogP contribution in [-0.4, -0.2) is 39.2 Å². The van der Waals surface area contributed by atoms with Crippen molar-refractivity contribution in [2.75, 3.05) is 18.4 Å². The molecule has 1 aliphatic rings. The van der Waals surface area contributed by atoms with E-state index in [0.29, 0.717) is 18.3 Å². The number of anilines is 1. The number of nitrogens with one attached hydrogen (secondary N) is 2. The molecule has 1 saturated heterocycles. The van der Waals surface area contributed by atoms with Gasteiger partial charge in [0.25, 0.3) is 0 Å². The third kappa shape index (κ3) is 3.97. The van der Waals surface area contributed by atoms with Crippen LogP contribution in [0.2, 0.25) is 0 Å². The summed E-state index contributed by atoms with van der Waals surface area (Å²) in [7, 11) is 0. The van der Waals surface area contributed by atoms with Gasteiger partial charge in [-0.25, -0.2) is 4.68 Å². The number of nitrogens with zero attached hydrogens (tertiary/aromatic N) is 4. The van der Waals surface area contributed by atoms with Gasteiger partial charge in [0.05, 0.1) is 5.69 Å². The summed E-state index contributed by atoms with van der Waals surface area (Å²) in [5, 5.41) is 17.6. The number of aromatic nitrogens is 4. The number of benzene rings is 1. The van der Waals surface area contributed by atoms with E-state index in [9.17, 15) is 4.79 Å². The minimum absolute atomic E-state index is 0.0552. The van der Waals surface area contributed by atoms with Gasteiger partial charge < -0.3 is 10.6 Å². The predicted octanol–water partition coefficient (Wildman–Crippen LogP) is 1.94. The van der Waals surface area contributed by atoms with Crippen molar-refractivity contribution in [1.82, 2.24) is 25.5 Å². The second-order valence-electron chi connectivity index (χ2n) is 6.59. The molecule has 1 aromatic carbocycles. The molecule has 7 heteroatoms. The van der Waals surface area contributed by atoms with E-state index in [1.807, 2.05) is 25.1 Å². The number of hydrogen-bond acceptors (Lipinski definition) is 5. The van der Waals surface area contributed by atoms with Gasteiger partial charge in [-0.1, -0.05) is 13.0 Å². The summed E-state index contributed by atoms with van der Waals surface area (Å²) in [6.45, 7) is 6.26. The minimum Gasteiger partial charge on any atom is -0.326 e. The number of amides is 1. The van der Waals surface area contributed by atoms with Crippen molar-refractivity contribution in [2.45, 2.75) is 33.1 Å². The number of rotatable bonds is 5. The van der Waals surface area contributed by atoms with E-state index >= 15 is 0 Å². The van der Waals surface area contributed by atoms with Crippen molar-refractivity contribution in [3.05, 3.63) is 30.1 Å². The average Bonchev–Trinajstić information content (AvgIpc) is 3.11. The Morgan fingerprint density at radius 2 is 2.38 bits per heavy atom. The molecule has 0 saturated carbocycles. The lowest BCUT2D eigenvalue weighted by molar-refractivity contribution is -0.117. The van der Waals surface area contributed by atoms with Gasteiger partial charge in [0.1, 0.15) is 6.33 Å². The number of piperidine rings is 1. The fraction of sp³-hybridized carbons (Fsp3) is 0.529. The smallest absolute Gasteiger partial charge is 0.224 e. The Kier molecular flexibility index (Phi) is 5.20. The van der Waals surface area contributed by atoms with E-state index in [2.05, 4.69) is 33.1 Å². The number of carbonyl (C=O) groups excluding carboxylic acids is 1. The fourth-order valence-electron chi connectivity index (χ4n) is 3.24. The van der Waals surface area contributed by atoms with Crippen molar-refractivity contribution in [2.24, 2.45) is 11.8 Å². The first kappa shape index (κ1) is 16.6. The Morgan fingerprint density at radius 3 is 3.08 bits per heavy atom. The van der Waals surface area contributed by atoms with E-state index in [0.717, 1.165) is 30.0 Å². The maximum Gasteiger partial charge on any atom is 0.224 e. The van der Waals surface area contributed by atoms with Crippen LogP contribution >= 0.6 is 0 Å². The summed E-state index contributed by atoms with van der Waals surface area (Å²) in [5.41, 5.74) is 2.68. The molecular weight excluding hydrogens is 304 g/mol. The molecule has 24 heavy (non-hydrogen) atoms. The predicted molar refractivity (Wildman–Crippen MR) is 91.9 cm³/mol. The van der Waals surface area contributed by atoms with Gasteiger partial charge in [-0.15, -0.1) is 5.10 Å². The highest BCUT2D eigenvalue weighted by molar-refractivity contribution is 5.91. The molecule has 1 aliphatic heterocycles. The van der Waals surface area contributed by atoms with Crippen LogP contribution in [-0.2, 0) is 4.79 Å². The molecule has 2 heterocycles. The molecule has 0 bridgehead atoms. The van der Waals surface area contributed by atoms with Gasteiger partial charge in [0, 0.05) is 12.1 Å². The second kappa shape index (κ2) is 7.53. The van der Waals surface area contributed by atoms with Crippen molar-refractivity contribution in [3.63, 3.8) is 0 Å². The van der Waals surface area contributed by atoms with Gasteiger partial charge in [0.2, 0.25) is 5.91 Å². The quantitative estimate of drug-likeness (QED) is 0.876. The van der Waals surface area contributed by atoms with Gasteiger partial charge in [-0.3, -0.25) is 4.79 Å². The Bertz CT molecular complexity index is 678. The molecule has 0 aliphatic carbocycles. The molecule has 128 valence electrons. The zero-order valence-electron chi connectivity index (χ0n) is 14.2. The average molecular weight is 328 g/mol. The Balaban J connectivity index is 1.63. The minimum atomic E-state index is 0.0552. The van der Waals surface area contributed by atoms with Crippen LogP contribution in [0.3, 0.4) is 0 Å². The van der Waals surface area contributed by atoms with Crippen LogP contribution in [0.25, 0.3) is 5.69 Å². The molecule has 3 rings (SSSR count). The molecule has 2 aromatic rings. The van der Waals surface area contributed by atoms with Gasteiger partial charge in [0.15, 0.2) is 0 Å². The molecule has 2 unspecified atom stereocenters. The van der Waals surface area contributed by atoms with Crippen molar-refractivity contribution >= 4 is 11.6 Å². The first-order chi connectivity index (χ1) is 11.6. The zero-order valence-corrected chi connectivity index (χ0v) is 14.2. The first-order valence-corrected chi connectivity index (χ1v) is 8.48. The highest BCUT2D eigenvalue weighted by Crippen LogP contribution is 2.24. The number of carbonyl (C=O) groups is 1.